The zero-order valence-electron chi connectivity index (χ0n) is 17.8. The number of nitrogens with zero attached hydrogens (tertiary/aromatic N) is 3. The predicted molar refractivity (Wildman–Crippen MR) is 129 cm³/mol. The Hall–Kier alpha value is -2.89. The highest BCUT2D eigenvalue weighted by atomic mass is 35.5. The van der Waals surface area contributed by atoms with Gasteiger partial charge >= 0.3 is 0 Å². The van der Waals surface area contributed by atoms with Gasteiger partial charge in [-0.05, 0) is 53.9 Å². The van der Waals surface area contributed by atoms with Gasteiger partial charge in [0.05, 0.1) is 11.0 Å². The summed E-state index contributed by atoms with van der Waals surface area (Å²) in [7, 11) is 0. The third-order valence-electron chi connectivity index (χ3n) is 5.46. The number of aromatic nitrogens is 3. The monoisotopic (exact) mass is 466 g/mol. The average molecular weight is 467 g/mol. The van der Waals surface area contributed by atoms with Crippen LogP contribution in [0.1, 0.15) is 42.8 Å². The van der Waals surface area contributed by atoms with E-state index in [0.29, 0.717) is 29.4 Å². The number of hydrogen-bond donors (Lipinski definition) is 1. The van der Waals surface area contributed by atoms with Gasteiger partial charge in [0.1, 0.15) is 11.9 Å². The minimum Gasteiger partial charge on any atom is -0.350 e. The number of carbonyl (C=O) groups is 1. The molecule has 4 rings (SSSR count). The Balaban J connectivity index is 1.72. The molecule has 1 amide bonds. The maximum atomic E-state index is 13.4. The number of fused-ring (bicyclic) bond motifs is 1. The molecule has 32 heavy (non-hydrogen) atoms. The van der Waals surface area contributed by atoms with Crippen molar-refractivity contribution in [3.8, 4) is 0 Å². The lowest BCUT2D eigenvalue weighted by Gasteiger charge is -2.21. The van der Waals surface area contributed by atoms with Gasteiger partial charge in [-0.2, -0.15) is 0 Å². The number of halogens is 2. The van der Waals surface area contributed by atoms with Gasteiger partial charge in [-0.25, -0.2) is 4.98 Å². The summed E-state index contributed by atoms with van der Waals surface area (Å²) in [4.78, 5) is 22.2. The summed E-state index contributed by atoms with van der Waals surface area (Å²) in [5.41, 5.74) is 3.57. The molecule has 0 aliphatic carbocycles. The molecule has 0 saturated heterocycles. The van der Waals surface area contributed by atoms with E-state index in [1.807, 2.05) is 59.2 Å². The molecule has 0 fully saturated rings. The first-order chi connectivity index (χ1) is 15.6. The molecule has 0 radical (unpaired) electrons. The first-order valence-corrected chi connectivity index (χ1v) is 11.4. The van der Waals surface area contributed by atoms with Gasteiger partial charge in [-0.3, -0.25) is 9.78 Å². The van der Waals surface area contributed by atoms with Gasteiger partial charge in [0.2, 0.25) is 5.91 Å². The molecule has 2 aromatic heterocycles. The van der Waals surface area contributed by atoms with Crippen LogP contribution < -0.4 is 5.32 Å². The molecule has 4 aromatic rings. The molecule has 1 atom stereocenters. The lowest BCUT2D eigenvalue weighted by Crippen LogP contribution is -2.33. The zero-order valence-corrected chi connectivity index (χ0v) is 19.3. The third-order valence-corrected chi connectivity index (χ3v) is 6.17. The Kier molecular flexibility index (Phi) is 7.08. The van der Waals surface area contributed by atoms with E-state index in [-0.39, 0.29) is 5.91 Å². The van der Waals surface area contributed by atoms with Crippen LogP contribution in [0.25, 0.3) is 11.0 Å². The summed E-state index contributed by atoms with van der Waals surface area (Å²) in [6, 6.07) is 16.7. The molecule has 0 unspecified atom stereocenters. The minimum atomic E-state index is -0.398. The second kappa shape index (κ2) is 10.2. The lowest BCUT2D eigenvalue weighted by atomic mass is 10.1. The van der Waals surface area contributed by atoms with Crippen molar-refractivity contribution in [3.63, 3.8) is 0 Å². The van der Waals surface area contributed by atoms with Gasteiger partial charge in [0.15, 0.2) is 0 Å². The normalized spacial score (nSPS) is 12.1. The molecule has 0 aliphatic rings. The number of amides is 1. The van der Waals surface area contributed by atoms with Gasteiger partial charge in [0, 0.05) is 35.4 Å². The van der Waals surface area contributed by atoms with Crippen molar-refractivity contribution in [2.24, 2.45) is 0 Å². The van der Waals surface area contributed by atoms with Crippen LogP contribution in [0.2, 0.25) is 10.0 Å². The minimum absolute atomic E-state index is 0.0432. The predicted octanol–water partition coefficient (Wildman–Crippen LogP) is 5.99. The Labute approximate surface area is 197 Å². The van der Waals surface area contributed by atoms with Crippen LogP contribution in [0.5, 0.6) is 0 Å². The van der Waals surface area contributed by atoms with Crippen LogP contribution in [-0.2, 0) is 17.8 Å². The fourth-order valence-corrected chi connectivity index (χ4v) is 4.42. The molecule has 7 heteroatoms. The first-order valence-electron chi connectivity index (χ1n) is 10.6. The fraction of sp³-hybridized carbons (Fsp3) is 0.240. The summed E-state index contributed by atoms with van der Waals surface area (Å²) in [5, 5.41) is 4.26. The summed E-state index contributed by atoms with van der Waals surface area (Å²) in [6.07, 6.45) is 5.42. The van der Waals surface area contributed by atoms with E-state index in [4.69, 9.17) is 28.2 Å². The van der Waals surface area contributed by atoms with E-state index in [2.05, 4.69) is 17.2 Å². The van der Waals surface area contributed by atoms with Crippen molar-refractivity contribution >= 4 is 40.1 Å². The SMILES string of the molecule is CCC[C@H](C(=O)NCc1ccncc1)n1c(Cc2c(Cl)cccc2Cl)nc2ccccc21. The highest BCUT2D eigenvalue weighted by Gasteiger charge is 2.25. The van der Waals surface area contributed by atoms with Gasteiger partial charge in [-0.1, -0.05) is 54.7 Å². The Morgan fingerprint density at radius 1 is 1.03 bits per heavy atom. The number of para-hydroxylation sites is 2. The van der Waals surface area contributed by atoms with Crippen LogP contribution in [0.15, 0.2) is 67.0 Å². The zero-order chi connectivity index (χ0) is 22.5. The van der Waals surface area contributed by atoms with Crippen LogP contribution in [0.4, 0.5) is 0 Å². The summed E-state index contributed by atoms with van der Waals surface area (Å²) in [6.45, 7) is 2.52. The van der Waals surface area contributed by atoms with E-state index < -0.39 is 6.04 Å². The molecule has 164 valence electrons. The summed E-state index contributed by atoms with van der Waals surface area (Å²) in [5.74, 6) is 0.719. The molecule has 5 nitrogen and oxygen atoms in total. The number of pyridine rings is 1. The summed E-state index contributed by atoms with van der Waals surface area (Å²) >= 11 is 12.9. The van der Waals surface area contributed by atoms with Gasteiger partial charge in [-0.15, -0.1) is 0 Å². The standard InChI is InChI=1S/C25H24Cl2N4O/c1-2-6-23(25(32)29-16-17-11-13-28-14-12-17)31-22-10-4-3-9-21(22)30-24(31)15-18-19(26)7-5-8-20(18)27/h3-5,7-14,23H,2,6,15-16H2,1H3,(H,29,32)/t23-/m1/s1. The smallest absolute Gasteiger partial charge is 0.243 e. The fourth-order valence-electron chi connectivity index (χ4n) is 3.88. The van der Waals surface area contributed by atoms with Crippen molar-refractivity contribution in [1.82, 2.24) is 19.9 Å². The number of benzene rings is 2. The van der Waals surface area contributed by atoms with E-state index in [0.717, 1.165) is 34.4 Å². The Bertz CT molecular complexity index is 1200. The molecule has 0 spiro atoms. The topological polar surface area (TPSA) is 59.8 Å². The molecule has 1 N–H and O–H groups in total. The quantitative estimate of drug-likeness (QED) is 0.347. The maximum Gasteiger partial charge on any atom is 0.243 e. The van der Waals surface area contributed by atoms with Crippen LogP contribution >= 0.6 is 23.2 Å². The van der Waals surface area contributed by atoms with Crippen molar-refractivity contribution < 1.29 is 4.79 Å². The van der Waals surface area contributed by atoms with Crippen molar-refractivity contribution in [2.75, 3.05) is 0 Å². The first kappa shape index (κ1) is 22.3. The maximum absolute atomic E-state index is 13.4. The Morgan fingerprint density at radius 2 is 1.75 bits per heavy atom. The summed E-state index contributed by atoms with van der Waals surface area (Å²) < 4.78 is 2.04. The number of nitrogens with one attached hydrogen (secondary N) is 1. The van der Waals surface area contributed by atoms with Gasteiger partial charge in [0.25, 0.3) is 0 Å². The Morgan fingerprint density at radius 3 is 2.47 bits per heavy atom. The second-order valence-electron chi connectivity index (χ2n) is 7.64. The molecular formula is C25H24Cl2N4O. The third kappa shape index (κ3) is 4.79. The molecule has 0 saturated carbocycles. The molecule has 0 bridgehead atoms. The number of hydrogen-bond acceptors (Lipinski definition) is 3. The lowest BCUT2D eigenvalue weighted by molar-refractivity contribution is -0.124. The number of imidazole rings is 1. The van der Waals surface area contributed by atoms with E-state index >= 15 is 0 Å². The number of rotatable bonds is 8. The average Bonchev–Trinajstić information content (AvgIpc) is 3.17. The van der Waals surface area contributed by atoms with Crippen LogP contribution in [-0.4, -0.2) is 20.4 Å². The van der Waals surface area contributed by atoms with E-state index in [9.17, 15) is 4.79 Å². The highest BCUT2D eigenvalue weighted by Crippen LogP contribution is 2.31. The molecular weight excluding hydrogens is 443 g/mol. The molecule has 2 aromatic carbocycles. The second-order valence-corrected chi connectivity index (χ2v) is 8.46. The number of carbonyl (C=O) groups excluding carboxylic acids is 1. The van der Waals surface area contributed by atoms with Crippen LogP contribution in [0.3, 0.4) is 0 Å². The molecule has 2 heterocycles. The van der Waals surface area contributed by atoms with Crippen molar-refractivity contribution in [1.29, 1.82) is 0 Å². The van der Waals surface area contributed by atoms with E-state index in [1.165, 1.54) is 0 Å². The largest absolute Gasteiger partial charge is 0.350 e. The van der Waals surface area contributed by atoms with Crippen LogP contribution in [0, 0.1) is 0 Å². The van der Waals surface area contributed by atoms with Gasteiger partial charge < -0.3 is 9.88 Å². The highest BCUT2D eigenvalue weighted by molar-refractivity contribution is 6.36. The van der Waals surface area contributed by atoms with Crippen molar-refractivity contribution in [2.45, 2.75) is 38.8 Å². The molecule has 0 aliphatic heterocycles. The van der Waals surface area contributed by atoms with E-state index in [1.54, 1.807) is 12.4 Å². The van der Waals surface area contributed by atoms with Crippen molar-refractivity contribution in [3.05, 3.63) is 94.0 Å².